The predicted octanol–water partition coefficient (Wildman–Crippen LogP) is 1.93. The third-order valence-electron chi connectivity index (χ3n) is 3.04. The molecule has 114 valence electrons. The number of esters is 1. The van der Waals surface area contributed by atoms with Gasteiger partial charge in [-0.2, -0.15) is 0 Å². The average molecular weight is 316 g/mol. The number of hydrogen-bond donors (Lipinski definition) is 1. The highest BCUT2D eigenvalue weighted by molar-refractivity contribution is 6.30. The van der Waals surface area contributed by atoms with Crippen molar-refractivity contribution in [1.82, 2.24) is 5.32 Å². The summed E-state index contributed by atoms with van der Waals surface area (Å²) in [4.78, 5) is 23.1. The minimum Gasteiger partial charge on any atom is -0.452 e. The lowest BCUT2D eigenvalue weighted by Gasteiger charge is -2.11. The zero-order chi connectivity index (χ0) is 15.2. The number of nitrogens with one attached hydrogen (secondary N) is 1. The molecule has 0 saturated carbocycles. The summed E-state index contributed by atoms with van der Waals surface area (Å²) in [5.74, 6) is -2.14. The van der Waals surface area contributed by atoms with Gasteiger partial charge in [0.2, 0.25) is 0 Å². The number of benzene rings is 1. The van der Waals surface area contributed by atoms with E-state index in [-0.39, 0.29) is 16.7 Å². The molecule has 0 unspecified atom stereocenters. The Kier molecular flexibility index (Phi) is 5.52. The van der Waals surface area contributed by atoms with Crippen LogP contribution < -0.4 is 5.32 Å². The van der Waals surface area contributed by atoms with Gasteiger partial charge in [-0.1, -0.05) is 11.6 Å². The third kappa shape index (κ3) is 4.68. The standard InChI is InChI=1S/C14H15ClFNO4/c15-9-3-4-11(12(16)6-9)14(19)21-8-13(18)17-7-10-2-1-5-20-10/h3-4,6,10H,1-2,5,7-8H2,(H,17,18)/t10-/m1/s1. The minimum absolute atomic E-state index is 0.0124. The van der Waals surface area contributed by atoms with Crippen LogP contribution in [0.25, 0.3) is 0 Å². The van der Waals surface area contributed by atoms with E-state index in [0.717, 1.165) is 18.9 Å². The molecular weight excluding hydrogens is 301 g/mol. The van der Waals surface area contributed by atoms with Crippen molar-refractivity contribution in [3.8, 4) is 0 Å². The van der Waals surface area contributed by atoms with Crippen LogP contribution in [0.15, 0.2) is 18.2 Å². The molecule has 1 fully saturated rings. The Balaban J connectivity index is 1.76. The number of halogens is 2. The molecule has 1 aromatic carbocycles. The number of ether oxygens (including phenoxy) is 2. The van der Waals surface area contributed by atoms with E-state index in [1.54, 1.807) is 0 Å². The molecule has 5 nitrogen and oxygen atoms in total. The van der Waals surface area contributed by atoms with Crippen LogP contribution in [0.3, 0.4) is 0 Å². The highest BCUT2D eigenvalue weighted by atomic mass is 35.5. The van der Waals surface area contributed by atoms with Crippen LogP contribution in [-0.2, 0) is 14.3 Å². The summed E-state index contributed by atoms with van der Waals surface area (Å²) in [6, 6.07) is 3.60. The Morgan fingerprint density at radius 1 is 1.48 bits per heavy atom. The maximum Gasteiger partial charge on any atom is 0.341 e. The molecule has 1 atom stereocenters. The second kappa shape index (κ2) is 7.38. The summed E-state index contributed by atoms with van der Waals surface area (Å²) in [7, 11) is 0. The van der Waals surface area contributed by atoms with Gasteiger partial charge in [-0.3, -0.25) is 4.79 Å². The van der Waals surface area contributed by atoms with Gasteiger partial charge in [0.1, 0.15) is 5.82 Å². The number of hydrogen-bond acceptors (Lipinski definition) is 4. The first-order chi connectivity index (χ1) is 10.1. The van der Waals surface area contributed by atoms with E-state index in [1.807, 2.05) is 0 Å². The van der Waals surface area contributed by atoms with Gasteiger partial charge in [-0.05, 0) is 31.0 Å². The van der Waals surface area contributed by atoms with Crippen molar-refractivity contribution in [2.24, 2.45) is 0 Å². The van der Waals surface area contributed by atoms with Gasteiger partial charge in [0.25, 0.3) is 5.91 Å². The third-order valence-corrected chi connectivity index (χ3v) is 3.27. The van der Waals surface area contributed by atoms with Crippen LogP contribution in [0, 0.1) is 5.82 Å². The van der Waals surface area contributed by atoms with Crippen LogP contribution >= 0.6 is 11.6 Å². The fourth-order valence-electron chi connectivity index (χ4n) is 1.95. The van der Waals surface area contributed by atoms with E-state index in [1.165, 1.54) is 12.1 Å². The van der Waals surface area contributed by atoms with Crippen molar-refractivity contribution >= 4 is 23.5 Å². The van der Waals surface area contributed by atoms with Crippen LogP contribution in [0.4, 0.5) is 4.39 Å². The normalized spacial score (nSPS) is 17.5. The van der Waals surface area contributed by atoms with Gasteiger partial charge in [-0.25, -0.2) is 9.18 Å². The summed E-state index contributed by atoms with van der Waals surface area (Å²) in [5, 5.41) is 2.78. The summed E-state index contributed by atoms with van der Waals surface area (Å²) in [6.07, 6.45) is 1.89. The Morgan fingerprint density at radius 3 is 2.95 bits per heavy atom. The molecule has 21 heavy (non-hydrogen) atoms. The predicted molar refractivity (Wildman–Crippen MR) is 73.7 cm³/mol. The molecule has 1 aliphatic heterocycles. The lowest BCUT2D eigenvalue weighted by molar-refractivity contribution is -0.124. The molecule has 0 aromatic heterocycles. The monoisotopic (exact) mass is 315 g/mol. The van der Waals surface area contributed by atoms with E-state index < -0.39 is 24.3 Å². The molecule has 0 bridgehead atoms. The van der Waals surface area contributed by atoms with Gasteiger partial charge < -0.3 is 14.8 Å². The topological polar surface area (TPSA) is 64.6 Å². The van der Waals surface area contributed by atoms with Gasteiger partial charge in [-0.15, -0.1) is 0 Å². The second-order valence-electron chi connectivity index (χ2n) is 4.64. The molecular formula is C14H15ClFNO4. The summed E-state index contributed by atoms with van der Waals surface area (Å²) >= 11 is 5.58. The van der Waals surface area contributed by atoms with E-state index in [0.29, 0.717) is 13.2 Å². The molecule has 1 amide bonds. The fraction of sp³-hybridized carbons (Fsp3) is 0.429. The van der Waals surface area contributed by atoms with E-state index in [4.69, 9.17) is 21.1 Å². The molecule has 0 spiro atoms. The molecule has 1 heterocycles. The largest absolute Gasteiger partial charge is 0.452 e. The molecule has 1 aromatic rings. The average Bonchev–Trinajstić information content (AvgIpc) is 2.95. The molecule has 0 radical (unpaired) electrons. The van der Waals surface area contributed by atoms with Crippen LogP contribution in [0.1, 0.15) is 23.2 Å². The van der Waals surface area contributed by atoms with Crippen LogP contribution in [0.5, 0.6) is 0 Å². The number of carbonyl (C=O) groups is 2. The van der Waals surface area contributed by atoms with Crippen molar-refractivity contribution in [2.75, 3.05) is 19.8 Å². The molecule has 1 saturated heterocycles. The van der Waals surface area contributed by atoms with Gasteiger partial charge >= 0.3 is 5.97 Å². The highest BCUT2D eigenvalue weighted by Gasteiger charge is 2.18. The van der Waals surface area contributed by atoms with Crippen molar-refractivity contribution in [2.45, 2.75) is 18.9 Å². The Labute approximate surface area is 126 Å². The van der Waals surface area contributed by atoms with E-state index >= 15 is 0 Å². The first kappa shape index (κ1) is 15.7. The van der Waals surface area contributed by atoms with Crippen LogP contribution in [0.2, 0.25) is 5.02 Å². The van der Waals surface area contributed by atoms with Crippen molar-refractivity contribution < 1.29 is 23.5 Å². The SMILES string of the molecule is O=C(COC(=O)c1ccc(Cl)cc1F)NC[C@H]1CCCO1. The fourth-order valence-corrected chi connectivity index (χ4v) is 2.11. The molecule has 7 heteroatoms. The number of carbonyl (C=O) groups excluding carboxylic acids is 2. The summed E-state index contributed by atoms with van der Waals surface area (Å²) < 4.78 is 23.6. The minimum atomic E-state index is -0.906. The van der Waals surface area contributed by atoms with Gasteiger partial charge in [0.05, 0.1) is 11.7 Å². The number of amides is 1. The van der Waals surface area contributed by atoms with Gasteiger partial charge in [0, 0.05) is 18.2 Å². The summed E-state index contributed by atoms with van der Waals surface area (Å²) in [6.45, 7) is 0.616. The Hall–Kier alpha value is -1.66. The van der Waals surface area contributed by atoms with E-state index in [2.05, 4.69) is 5.32 Å². The lowest BCUT2D eigenvalue weighted by Crippen LogP contribution is -2.34. The van der Waals surface area contributed by atoms with Crippen LogP contribution in [-0.4, -0.2) is 37.7 Å². The Morgan fingerprint density at radius 2 is 2.29 bits per heavy atom. The lowest BCUT2D eigenvalue weighted by atomic mass is 10.2. The zero-order valence-electron chi connectivity index (χ0n) is 11.2. The maximum absolute atomic E-state index is 13.5. The Bertz CT molecular complexity index is 532. The summed E-state index contributed by atoms with van der Waals surface area (Å²) in [5.41, 5.74) is -0.258. The van der Waals surface area contributed by atoms with Crippen molar-refractivity contribution in [3.63, 3.8) is 0 Å². The van der Waals surface area contributed by atoms with E-state index in [9.17, 15) is 14.0 Å². The molecule has 0 aliphatic carbocycles. The van der Waals surface area contributed by atoms with Crippen molar-refractivity contribution in [1.29, 1.82) is 0 Å². The first-order valence-electron chi connectivity index (χ1n) is 6.57. The maximum atomic E-state index is 13.5. The smallest absolute Gasteiger partial charge is 0.341 e. The highest BCUT2D eigenvalue weighted by Crippen LogP contribution is 2.15. The molecule has 1 aliphatic rings. The zero-order valence-corrected chi connectivity index (χ0v) is 12.0. The number of rotatable bonds is 5. The van der Waals surface area contributed by atoms with Crippen molar-refractivity contribution in [3.05, 3.63) is 34.6 Å². The first-order valence-corrected chi connectivity index (χ1v) is 6.94. The molecule has 1 N–H and O–H groups in total. The quantitative estimate of drug-likeness (QED) is 0.843. The second-order valence-corrected chi connectivity index (χ2v) is 5.08. The molecule has 2 rings (SSSR count). The van der Waals surface area contributed by atoms with Gasteiger partial charge in [0.15, 0.2) is 6.61 Å².